The van der Waals surface area contributed by atoms with Gasteiger partial charge in [0, 0.05) is 37.0 Å². The van der Waals surface area contributed by atoms with Crippen molar-refractivity contribution in [2.45, 2.75) is 39.7 Å². The summed E-state index contributed by atoms with van der Waals surface area (Å²) in [5.74, 6) is -1.39. The van der Waals surface area contributed by atoms with Crippen LogP contribution in [0, 0.1) is 5.92 Å². The van der Waals surface area contributed by atoms with E-state index in [1.807, 2.05) is 44.3 Å². The van der Waals surface area contributed by atoms with E-state index < -0.39 is 11.9 Å². The maximum absolute atomic E-state index is 13.0. The third-order valence-corrected chi connectivity index (χ3v) is 6.76. The monoisotopic (exact) mass is 466 g/mol. The fraction of sp³-hybridized carbons (Fsp3) is 0.346. The average Bonchev–Trinajstić information content (AvgIpc) is 3.20. The summed E-state index contributed by atoms with van der Waals surface area (Å²) >= 11 is 6.57. The van der Waals surface area contributed by atoms with Crippen LogP contribution in [0.15, 0.2) is 46.9 Å². The topological polar surface area (TPSA) is 79.6 Å². The summed E-state index contributed by atoms with van der Waals surface area (Å²) in [5, 5.41) is 9.52. The number of halogens is 1. The molecule has 0 saturated carbocycles. The minimum atomic E-state index is -0.808. The SMILES string of the molecule is C/C=C/Cn1cc(-c2ccc(C(=O)N3CCC(C(=O)O)CC3)c(Cl)c2)c2c(c1=O)CC(C)=C2. The number of nitrogens with zero attached hydrogens (tertiary/aromatic N) is 2. The minimum absolute atomic E-state index is 0.0163. The van der Waals surface area contributed by atoms with Crippen LogP contribution in [0.4, 0.5) is 0 Å². The Kier molecular flexibility index (Phi) is 6.56. The molecule has 1 saturated heterocycles. The first-order valence-electron chi connectivity index (χ1n) is 11.2. The number of aromatic nitrogens is 1. The van der Waals surface area contributed by atoms with Crippen molar-refractivity contribution in [2.24, 2.45) is 5.92 Å². The molecule has 2 heterocycles. The molecular formula is C26H27ClN2O4. The van der Waals surface area contributed by atoms with Crippen LogP contribution in [-0.2, 0) is 17.8 Å². The van der Waals surface area contributed by atoms with Crippen molar-refractivity contribution < 1.29 is 14.7 Å². The Hall–Kier alpha value is -3.12. The molecule has 2 aliphatic rings. The number of rotatable bonds is 5. The van der Waals surface area contributed by atoms with Crippen molar-refractivity contribution in [3.63, 3.8) is 0 Å². The van der Waals surface area contributed by atoms with Crippen LogP contribution in [0.25, 0.3) is 17.2 Å². The largest absolute Gasteiger partial charge is 0.481 e. The second kappa shape index (κ2) is 9.40. The van der Waals surface area contributed by atoms with Crippen molar-refractivity contribution in [2.75, 3.05) is 13.1 Å². The molecule has 172 valence electrons. The fourth-order valence-electron chi connectivity index (χ4n) is 4.59. The molecule has 0 bridgehead atoms. The van der Waals surface area contributed by atoms with Gasteiger partial charge in [0.15, 0.2) is 0 Å². The summed E-state index contributed by atoms with van der Waals surface area (Å²) in [6.45, 7) is 5.24. The van der Waals surface area contributed by atoms with Crippen molar-refractivity contribution in [1.29, 1.82) is 0 Å². The summed E-state index contributed by atoms with van der Waals surface area (Å²) in [4.78, 5) is 38.8. The molecule has 1 fully saturated rings. The molecule has 1 amide bonds. The van der Waals surface area contributed by atoms with Gasteiger partial charge in [-0.1, -0.05) is 41.5 Å². The maximum atomic E-state index is 13.0. The number of allylic oxidation sites excluding steroid dienone is 3. The highest BCUT2D eigenvalue weighted by atomic mass is 35.5. The number of hydrogen-bond acceptors (Lipinski definition) is 3. The Morgan fingerprint density at radius 3 is 2.61 bits per heavy atom. The number of carbonyl (C=O) groups excluding carboxylic acids is 1. The van der Waals surface area contributed by atoms with E-state index in [0.717, 1.165) is 27.8 Å². The molecule has 0 spiro atoms. The summed E-state index contributed by atoms with van der Waals surface area (Å²) in [6.07, 6.45) is 9.29. The summed E-state index contributed by atoms with van der Waals surface area (Å²) in [7, 11) is 0. The molecule has 1 aliphatic carbocycles. The number of likely N-dealkylation sites (tertiary alicyclic amines) is 1. The lowest BCUT2D eigenvalue weighted by atomic mass is 9.96. The Morgan fingerprint density at radius 1 is 1.24 bits per heavy atom. The number of benzene rings is 1. The molecule has 1 aliphatic heterocycles. The lowest BCUT2D eigenvalue weighted by Gasteiger charge is -2.30. The van der Waals surface area contributed by atoms with Crippen molar-refractivity contribution in [1.82, 2.24) is 9.47 Å². The Balaban J connectivity index is 1.66. The molecule has 4 rings (SSSR count). The van der Waals surface area contributed by atoms with E-state index in [9.17, 15) is 19.5 Å². The van der Waals surface area contributed by atoms with E-state index in [1.54, 1.807) is 21.6 Å². The number of fused-ring (bicyclic) bond motifs is 1. The quantitative estimate of drug-likeness (QED) is 0.651. The van der Waals surface area contributed by atoms with Crippen molar-refractivity contribution in [3.05, 3.63) is 74.2 Å². The van der Waals surface area contributed by atoms with E-state index in [4.69, 9.17) is 11.6 Å². The number of aliphatic carboxylic acids is 1. The van der Waals surface area contributed by atoms with Gasteiger partial charge in [0.2, 0.25) is 0 Å². The average molecular weight is 467 g/mol. The lowest BCUT2D eigenvalue weighted by Crippen LogP contribution is -2.40. The molecular weight excluding hydrogens is 440 g/mol. The standard InChI is InChI=1S/C26H27ClN2O4/c1-3-4-9-29-15-22(20-12-16(2)13-21(20)25(29)31)18-5-6-19(23(27)14-18)24(30)28-10-7-17(8-11-28)26(32)33/h3-6,12,14-15,17H,7-11,13H2,1-2H3,(H,32,33)/b4-3+. The molecule has 7 heteroatoms. The zero-order chi connectivity index (χ0) is 23.7. The fourth-order valence-corrected chi connectivity index (χ4v) is 4.85. The molecule has 33 heavy (non-hydrogen) atoms. The number of piperidine rings is 1. The third-order valence-electron chi connectivity index (χ3n) is 6.45. The van der Waals surface area contributed by atoms with Crippen LogP contribution >= 0.6 is 11.6 Å². The molecule has 1 N–H and O–H groups in total. The molecule has 2 aromatic rings. The lowest BCUT2D eigenvalue weighted by molar-refractivity contribution is -0.143. The van der Waals surface area contributed by atoms with Gasteiger partial charge in [-0.2, -0.15) is 0 Å². The smallest absolute Gasteiger partial charge is 0.306 e. The molecule has 0 unspecified atom stereocenters. The van der Waals surface area contributed by atoms with Gasteiger partial charge in [0.25, 0.3) is 11.5 Å². The number of amides is 1. The maximum Gasteiger partial charge on any atom is 0.306 e. The van der Waals surface area contributed by atoms with E-state index in [1.165, 1.54) is 0 Å². The van der Waals surface area contributed by atoms with Crippen LogP contribution in [0.5, 0.6) is 0 Å². The normalized spacial score (nSPS) is 16.2. The van der Waals surface area contributed by atoms with Crippen LogP contribution < -0.4 is 5.56 Å². The Bertz CT molecular complexity index is 1230. The van der Waals surface area contributed by atoms with Crippen LogP contribution in [0.1, 0.15) is 48.2 Å². The van der Waals surface area contributed by atoms with Gasteiger partial charge in [0.05, 0.1) is 16.5 Å². The first-order valence-corrected chi connectivity index (χ1v) is 11.5. The molecule has 1 aromatic heterocycles. The highest BCUT2D eigenvalue weighted by Crippen LogP contribution is 2.34. The summed E-state index contributed by atoms with van der Waals surface area (Å²) in [5.41, 5.74) is 5.01. The molecule has 1 aromatic carbocycles. The van der Waals surface area contributed by atoms with Crippen LogP contribution in [0.2, 0.25) is 5.02 Å². The first-order chi connectivity index (χ1) is 15.8. The molecule has 6 nitrogen and oxygen atoms in total. The van der Waals surface area contributed by atoms with Gasteiger partial charge in [-0.25, -0.2) is 0 Å². The molecule has 0 atom stereocenters. The highest BCUT2D eigenvalue weighted by molar-refractivity contribution is 6.34. The van der Waals surface area contributed by atoms with Gasteiger partial charge in [0.1, 0.15) is 0 Å². The zero-order valence-corrected chi connectivity index (χ0v) is 19.6. The van der Waals surface area contributed by atoms with E-state index in [0.29, 0.717) is 49.5 Å². The Morgan fingerprint density at radius 2 is 1.97 bits per heavy atom. The van der Waals surface area contributed by atoms with E-state index >= 15 is 0 Å². The van der Waals surface area contributed by atoms with E-state index in [-0.39, 0.29) is 11.5 Å². The summed E-state index contributed by atoms with van der Waals surface area (Å²) in [6, 6.07) is 5.37. The number of carboxylic acids is 1. The minimum Gasteiger partial charge on any atom is -0.481 e. The number of pyridine rings is 1. The van der Waals surface area contributed by atoms with Gasteiger partial charge >= 0.3 is 5.97 Å². The summed E-state index contributed by atoms with van der Waals surface area (Å²) < 4.78 is 1.71. The predicted octanol–water partition coefficient (Wildman–Crippen LogP) is 4.64. The highest BCUT2D eigenvalue weighted by Gasteiger charge is 2.28. The second-order valence-corrected chi connectivity index (χ2v) is 9.14. The van der Waals surface area contributed by atoms with Gasteiger partial charge < -0.3 is 14.6 Å². The van der Waals surface area contributed by atoms with Crippen molar-refractivity contribution >= 4 is 29.6 Å². The van der Waals surface area contributed by atoms with Crippen LogP contribution in [-0.4, -0.2) is 39.5 Å². The van der Waals surface area contributed by atoms with Gasteiger partial charge in [-0.05, 0) is 56.4 Å². The van der Waals surface area contributed by atoms with E-state index in [2.05, 4.69) is 0 Å². The van der Waals surface area contributed by atoms with Gasteiger partial charge in [-0.15, -0.1) is 0 Å². The predicted molar refractivity (Wildman–Crippen MR) is 130 cm³/mol. The third kappa shape index (κ3) is 4.53. The number of hydrogen-bond donors (Lipinski definition) is 1. The van der Waals surface area contributed by atoms with Crippen LogP contribution in [0.3, 0.4) is 0 Å². The van der Waals surface area contributed by atoms with Crippen molar-refractivity contribution in [3.8, 4) is 11.1 Å². The zero-order valence-electron chi connectivity index (χ0n) is 18.8. The number of carboxylic acid groups (broad SMARTS) is 1. The number of carbonyl (C=O) groups is 2. The van der Waals surface area contributed by atoms with Gasteiger partial charge in [-0.3, -0.25) is 14.4 Å². The molecule has 0 radical (unpaired) electrons. The Labute approximate surface area is 197 Å². The first kappa shape index (κ1) is 23.1. The second-order valence-electron chi connectivity index (χ2n) is 8.73.